The lowest BCUT2D eigenvalue weighted by Crippen LogP contribution is -2.48. The summed E-state index contributed by atoms with van der Waals surface area (Å²) in [6.07, 6.45) is -0.869. The Morgan fingerprint density at radius 2 is 2.05 bits per heavy atom. The average Bonchev–Trinajstić information content (AvgIpc) is 2.45. The zero-order valence-corrected chi connectivity index (χ0v) is 12.4. The van der Waals surface area contributed by atoms with E-state index in [2.05, 4.69) is 4.90 Å². The van der Waals surface area contributed by atoms with Crippen LogP contribution in [0.25, 0.3) is 0 Å². The van der Waals surface area contributed by atoms with Crippen LogP contribution in [0.1, 0.15) is 18.6 Å². The number of benzene rings is 1. The smallest absolute Gasteiger partial charge is 0.260 e. The van der Waals surface area contributed by atoms with Crippen LogP contribution in [0.4, 0.5) is 4.39 Å². The van der Waals surface area contributed by atoms with Crippen LogP contribution >= 0.6 is 0 Å². The van der Waals surface area contributed by atoms with Crippen LogP contribution in [0.2, 0.25) is 0 Å². The molecule has 2 rings (SSSR count). The Kier molecular flexibility index (Phi) is 5.14. The van der Waals surface area contributed by atoms with Gasteiger partial charge in [-0.05, 0) is 26.1 Å². The standard InChI is InChI=1S/C15H21FN2O3/c1-11(19)13-4-3-12(9-14(13)16)21-10-15(20)18-7-5-17(2)6-8-18/h3-4,9,11,19H,5-8,10H2,1-2H3. The number of ether oxygens (including phenoxy) is 1. The quantitative estimate of drug-likeness (QED) is 0.902. The number of amides is 1. The molecule has 1 aromatic carbocycles. The fourth-order valence-electron chi connectivity index (χ4n) is 2.23. The first kappa shape index (κ1) is 15.7. The van der Waals surface area contributed by atoms with Crippen LogP contribution < -0.4 is 4.74 Å². The van der Waals surface area contributed by atoms with Crippen molar-refractivity contribution in [3.05, 3.63) is 29.6 Å². The van der Waals surface area contributed by atoms with E-state index in [-0.39, 0.29) is 18.1 Å². The number of hydrogen-bond acceptors (Lipinski definition) is 4. The van der Waals surface area contributed by atoms with Crippen molar-refractivity contribution in [3.63, 3.8) is 0 Å². The van der Waals surface area contributed by atoms with Gasteiger partial charge in [0.05, 0.1) is 6.10 Å². The number of likely N-dealkylation sites (N-methyl/N-ethyl adjacent to an activating group) is 1. The molecule has 0 spiro atoms. The van der Waals surface area contributed by atoms with Gasteiger partial charge in [0.15, 0.2) is 6.61 Å². The number of nitrogens with zero attached hydrogens (tertiary/aromatic N) is 2. The lowest BCUT2D eigenvalue weighted by Gasteiger charge is -2.32. The van der Waals surface area contributed by atoms with Crippen molar-refractivity contribution in [2.75, 3.05) is 39.8 Å². The summed E-state index contributed by atoms with van der Waals surface area (Å²) >= 11 is 0. The number of piperazine rings is 1. The maximum atomic E-state index is 13.7. The van der Waals surface area contributed by atoms with E-state index in [1.54, 1.807) is 11.0 Å². The number of rotatable bonds is 4. The second kappa shape index (κ2) is 6.87. The highest BCUT2D eigenvalue weighted by Gasteiger charge is 2.19. The molecule has 0 saturated carbocycles. The molecule has 0 radical (unpaired) electrons. The van der Waals surface area contributed by atoms with E-state index in [4.69, 9.17) is 4.74 Å². The molecule has 5 nitrogen and oxygen atoms in total. The van der Waals surface area contributed by atoms with Crippen LogP contribution in [-0.2, 0) is 4.79 Å². The van der Waals surface area contributed by atoms with Crippen molar-refractivity contribution in [3.8, 4) is 5.75 Å². The second-order valence-corrected chi connectivity index (χ2v) is 5.33. The predicted octanol–water partition coefficient (Wildman–Crippen LogP) is 1.03. The van der Waals surface area contributed by atoms with Gasteiger partial charge in [-0.3, -0.25) is 4.79 Å². The fraction of sp³-hybridized carbons (Fsp3) is 0.533. The van der Waals surface area contributed by atoms with Gasteiger partial charge in [-0.2, -0.15) is 0 Å². The Morgan fingerprint density at radius 1 is 1.38 bits per heavy atom. The van der Waals surface area contributed by atoms with Gasteiger partial charge in [-0.25, -0.2) is 4.39 Å². The molecule has 0 aromatic heterocycles. The van der Waals surface area contributed by atoms with Gasteiger partial charge in [0.1, 0.15) is 11.6 Å². The Morgan fingerprint density at radius 3 is 2.62 bits per heavy atom. The minimum Gasteiger partial charge on any atom is -0.484 e. The van der Waals surface area contributed by atoms with Crippen LogP contribution in [0.3, 0.4) is 0 Å². The molecule has 1 aliphatic heterocycles. The molecule has 1 unspecified atom stereocenters. The van der Waals surface area contributed by atoms with Gasteiger partial charge < -0.3 is 19.6 Å². The molecule has 1 fully saturated rings. The molecular formula is C15H21FN2O3. The zero-order valence-electron chi connectivity index (χ0n) is 12.4. The predicted molar refractivity (Wildman–Crippen MR) is 76.6 cm³/mol. The van der Waals surface area contributed by atoms with E-state index in [0.717, 1.165) is 13.1 Å². The first-order valence-corrected chi connectivity index (χ1v) is 7.04. The van der Waals surface area contributed by atoms with Gasteiger partial charge in [0.25, 0.3) is 5.91 Å². The van der Waals surface area contributed by atoms with Crippen LogP contribution in [0.15, 0.2) is 18.2 Å². The van der Waals surface area contributed by atoms with E-state index in [1.165, 1.54) is 19.1 Å². The summed E-state index contributed by atoms with van der Waals surface area (Å²) in [7, 11) is 2.02. The van der Waals surface area contributed by atoms with E-state index < -0.39 is 11.9 Å². The topological polar surface area (TPSA) is 53.0 Å². The van der Waals surface area contributed by atoms with Crippen molar-refractivity contribution < 1.29 is 19.0 Å². The Labute approximate surface area is 123 Å². The van der Waals surface area contributed by atoms with Gasteiger partial charge in [0.2, 0.25) is 0 Å². The van der Waals surface area contributed by atoms with Crippen LogP contribution in [0.5, 0.6) is 5.75 Å². The molecule has 1 heterocycles. The zero-order chi connectivity index (χ0) is 15.4. The third-order valence-electron chi connectivity index (χ3n) is 3.64. The van der Waals surface area contributed by atoms with E-state index >= 15 is 0 Å². The minimum absolute atomic E-state index is 0.0943. The maximum absolute atomic E-state index is 13.7. The summed E-state index contributed by atoms with van der Waals surface area (Å²) in [5, 5.41) is 9.36. The highest BCUT2D eigenvalue weighted by Crippen LogP contribution is 2.21. The highest BCUT2D eigenvalue weighted by molar-refractivity contribution is 5.77. The summed E-state index contributed by atoms with van der Waals surface area (Å²) in [4.78, 5) is 15.9. The normalized spacial score (nSPS) is 17.6. The van der Waals surface area contributed by atoms with Crippen molar-refractivity contribution in [2.24, 2.45) is 0 Å². The summed E-state index contributed by atoms with van der Waals surface area (Å²) in [5.74, 6) is -0.336. The van der Waals surface area contributed by atoms with Crippen molar-refractivity contribution in [2.45, 2.75) is 13.0 Å². The summed E-state index contributed by atoms with van der Waals surface area (Å²) in [6.45, 7) is 4.47. The lowest BCUT2D eigenvalue weighted by molar-refractivity contribution is -0.134. The molecule has 1 atom stereocenters. The number of aliphatic hydroxyl groups is 1. The monoisotopic (exact) mass is 296 g/mol. The molecule has 1 aliphatic rings. The maximum Gasteiger partial charge on any atom is 0.260 e. The van der Waals surface area contributed by atoms with Gasteiger partial charge in [-0.1, -0.05) is 0 Å². The molecule has 0 aliphatic carbocycles. The van der Waals surface area contributed by atoms with Gasteiger partial charge in [-0.15, -0.1) is 0 Å². The van der Waals surface area contributed by atoms with E-state index in [0.29, 0.717) is 18.8 Å². The molecule has 21 heavy (non-hydrogen) atoms. The summed E-state index contributed by atoms with van der Waals surface area (Å²) in [6, 6.07) is 4.22. The highest BCUT2D eigenvalue weighted by atomic mass is 19.1. The SMILES string of the molecule is CC(O)c1ccc(OCC(=O)N2CCN(C)CC2)cc1F. The molecule has 6 heteroatoms. The second-order valence-electron chi connectivity index (χ2n) is 5.33. The number of carbonyl (C=O) groups excluding carboxylic acids is 1. The first-order valence-electron chi connectivity index (χ1n) is 7.04. The van der Waals surface area contributed by atoms with Crippen molar-refractivity contribution in [1.82, 2.24) is 9.80 Å². The fourth-order valence-corrected chi connectivity index (χ4v) is 2.23. The van der Waals surface area contributed by atoms with Crippen molar-refractivity contribution >= 4 is 5.91 Å². The first-order chi connectivity index (χ1) is 9.97. The van der Waals surface area contributed by atoms with Crippen molar-refractivity contribution in [1.29, 1.82) is 0 Å². The Balaban J connectivity index is 1.88. The Bertz CT molecular complexity index is 500. The van der Waals surface area contributed by atoms with Gasteiger partial charge >= 0.3 is 0 Å². The summed E-state index contributed by atoms with van der Waals surface area (Å²) in [5.41, 5.74) is 0.216. The Hall–Kier alpha value is -1.66. The van der Waals surface area contributed by atoms with E-state index in [9.17, 15) is 14.3 Å². The molecule has 1 N–H and O–H groups in total. The van der Waals surface area contributed by atoms with Crippen LogP contribution in [-0.4, -0.2) is 60.6 Å². The molecule has 1 aromatic rings. The molecule has 1 amide bonds. The molecule has 1 saturated heterocycles. The average molecular weight is 296 g/mol. The minimum atomic E-state index is -0.869. The largest absolute Gasteiger partial charge is 0.484 e. The molecule has 116 valence electrons. The van der Waals surface area contributed by atoms with Crippen LogP contribution in [0, 0.1) is 5.82 Å². The number of halogens is 1. The third kappa shape index (κ3) is 4.15. The molecular weight excluding hydrogens is 275 g/mol. The number of carbonyl (C=O) groups is 1. The van der Waals surface area contributed by atoms with Gasteiger partial charge in [0, 0.05) is 37.8 Å². The number of aliphatic hydroxyl groups excluding tert-OH is 1. The molecule has 0 bridgehead atoms. The summed E-state index contributed by atoms with van der Waals surface area (Å²) < 4.78 is 19.0. The number of hydrogen-bond donors (Lipinski definition) is 1. The van der Waals surface area contributed by atoms with E-state index in [1.807, 2.05) is 7.05 Å². The lowest BCUT2D eigenvalue weighted by atomic mass is 10.1. The third-order valence-corrected chi connectivity index (χ3v) is 3.64.